The van der Waals surface area contributed by atoms with E-state index in [0.29, 0.717) is 13.1 Å². The van der Waals surface area contributed by atoms with Crippen molar-refractivity contribution in [1.29, 1.82) is 0 Å². The molecule has 6 heteroatoms. The molecule has 4 heterocycles. The number of amides is 1. The predicted molar refractivity (Wildman–Crippen MR) is 109 cm³/mol. The zero-order valence-electron chi connectivity index (χ0n) is 15.8. The fourth-order valence-electron chi connectivity index (χ4n) is 4.27. The molecule has 144 valence electrons. The third-order valence-corrected chi connectivity index (χ3v) is 5.71. The van der Waals surface area contributed by atoms with E-state index >= 15 is 0 Å². The van der Waals surface area contributed by atoms with Crippen LogP contribution < -0.4 is 9.64 Å². The lowest BCUT2D eigenvalue weighted by Gasteiger charge is -2.22. The fraction of sp³-hybridized carbons (Fsp3) is 0.364. The highest BCUT2D eigenvalue weighted by atomic mass is 16.5. The largest absolute Gasteiger partial charge is 0.485 e. The summed E-state index contributed by atoms with van der Waals surface area (Å²) in [7, 11) is 0. The van der Waals surface area contributed by atoms with E-state index < -0.39 is 0 Å². The van der Waals surface area contributed by atoms with Crippen LogP contribution in [0.3, 0.4) is 0 Å². The summed E-state index contributed by atoms with van der Waals surface area (Å²) in [6.07, 6.45) is 6.93. The van der Waals surface area contributed by atoms with Gasteiger partial charge in [0.15, 0.2) is 11.6 Å². The molecule has 1 amide bonds. The molecule has 3 aromatic rings. The zero-order valence-corrected chi connectivity index (χ0v) is 15.8. The van der Waals surface area contributed by atoms with E-state index in [4.69, 9.17) is 4.74 Å². The van der Waals surface area contributed by atoms with Crippen molar-refractivity contribution in [2.45, 2.75) is 25.4 Å². The highest BCUT2D eigenvalue weighted by Crippen LogP contribution is 2.31. The summed E-state index contributed by atoms with van der Waals surface area (Å²) in [5.41, 5.74) is 1.74. The highest BCUT2D eigenvalue weighted by molar-refractivity contribution is 6.06. The number of anilines is 1. The van der Waals surface area contributed by atoms with Crippen LogP contribution in [0.2, 0.25) is 0 Å². The Hall–Kier alpha value is -3.02. The van der Waals surface area contributed by atoms with Gasteiger partial charge in [0.1, 0.15) is 6.10 Å². The standard InChI is InChI=1S/C22H24N4O2/c27-22(18-5-3-6-19-17(18)8-11-23-19)26-14-9-16(15-26)28-20-7-4-10-24-21(20)25-12-1-2-13-25/h3-8,10-11,16,23H,1-2,9,12-15H2. The average molecular weight is 376 g/mol. The van der Waals surface area contributed by atoms with Crippen molar-refractivity contribution >= 4 is 22.6 Å². The summed E-state index contributed by atoms with van der Waals surface area (Å²) in [6, 6.07) is 11.7. The Labute approximate surface area is 164 Å². The average Bonchev–Trinajstić information content (AvgIpc) is 3.48. The lowest BCUT2D eigenvalue weighted by Crippen LogP contribution is -2.31. The van der Waals surface area contributed by atoms with Gasteiger partial charge in [0.05, 0.1) is 6.54 Å². The first kappa shape index (κ1) is 17.1. The van der Waals surface area contributed by atoms with Crippen molar-refractivity contribution in [2.24, 2.45) is 0 Å². The van der Waals surface area contributed by atoms with Gasteiger partial charge in [-0.15, -0.1) is 0 Å². The number of likely N-dealkylation sites (tertiary alicyclic amines) is 1. The van der Waals surface area contributed by atoms with Gasteiger partial charge in [0.25, 0.3) is 5.91 Å². The maximum Gasteiger partial charge on any atom is 0.254 e. The lowest BCUT2D eigenvalue weighted by molar-refractivity contribution is 0.0774. The summed E-state index contributed by atoms with van der Waals surface area (Å²) < 4.78 is 6.30. The van der Waals surface area contributed by atoms with Crippen molar-refractivity contribution < 1.29 is 9.53 Å². The van der Waals surface area contributed by atoms with Gasteiger partial charge in [-0.3, -0.25) is 4.79 Å². The van der Waals surface area contributed by atoms with Gasteiger partial charge in [0.2, 0.25) is 0 Å². The number of hydrogen-bond donors (Lipinski definition) is 1. The van der Waals surface area contributed by atoms with Gasteiger partial charge in [-0.1, -0.05) is 6.07 Å². The van der Waals surface area contributed by atoms with E-state index in [1.54, 1.807) is 0 Å². The Morgan fingerprint density at radius 3 is 2.89 bits per heavy atom. The van der Waals surface area contributed by atoms with Gasteiger partial charge in [-0.2, -0.15) is 0 Å². The summed E-state index contributed by atoms with van der Waals surface area (Å²) in [5.74, 6) is 1.83. The molecule has 1 atom stereocenters. The second-order valence-electron chi connectivity index (χ2n) is 7.54. The number of H-pyrrole nitrogens is 1. The summed E-state index contributed by atoms with van der Waals surface area (Å²) >= 11 is 0. The Morgan fingerprint density at radius 2 is 2.00 bits per heavy atom. The number of hydrogen-bond acceptors (Lipinski definition) is 4. The maximum atomic E-state index is 13.1. The predicted octanol–water partition coefficient (Wildman–Crippen LogP) is 3.46. The molecule has 2 aromatic heterocycles. The Balaban J connectivity index is 1.30. The summed E-state index contributed by atoms with van der Waals surface area (Å²) in [6.45, 7) is 3.38. The normalized spacial score (nSPS) is 19.5. The fourth-order valence-corrected chi connectivity index (χ4v) is 4.27. The number of benzene rings is 1. The molecule has 6 nitrogen and oxygen atoms in total. The van der Waals surface area contributed by atoms with E-state index in [2.05, 4.69) is 14.9 Å². The molecule has 2 saturated heterocycles. The number of fused-ring (bicyclic) bond motifs is 1. The number of ether oxygens (including phenoxy) is 1. The second-order valence-corrected chi connectivity index (χ2v) is 7.54. The third kappa shape index (κ3) is 3.09. The first-order valence-corrected chi connectivity index (χ1v) is 10.0. The number of pyridine rings is 1. The number of aromatic amines is 1. The molecule has 5 rings (SSSR count). The van der Waals surface area contributed by atoms with Crippen LogP contribution in [0, 0.1) is 0 Å². The van der Waals surface area contributed by atoms with Crippen LogP contribution in [0.4, 0.5) is 5.82 Å². The minimum atomic E-state index is -0.0000640. The molecule has 0 spiro atoms. The monoisotopic (exact) mass is 376 g/mol. The SMILES string of the molecule is O=C(c1cccc2[nH]ccc12)N1CCC(Oc2cccnc2N2CCCC2)C1. The van der Waals surface area contributed by atoms with Crippen molar-refractivity contribution in [3.05, 3.63) is 54.4 Å². The minimum absolute atomic E-state index is 0.0000640. The number of carbonyl (C=O) groups excluding carboxylic acids is 1. The Morgan fingerprint density at radius 1 is 1.11 bits per heavy atom. The number of nitrogens with one attached hydrogen (secondary N) is 1. The molecule has 0 radical (unpaired) electrons. The molecule has 0 bridgehead atoms. The van der Waals surface area contributed by atoms with Gasteiger partial charge in [-0.05, 0) is 43.2 Å². The molecule has 2 aliphatic rings. The van der Waals surface area contributed by atoms with E-state index in [0.717, 1.165) is 47.5 Å². The molecule has 28 heavy (non-hydrogen) atoms. The van der Waals surface area contributed by atoms with Gasteiger partial charge < -0.3 is 19.5 Å². The van der Waals surface area contributed by atoms with E-state index in [9.17, 15) is 4.79 Å². The number of carbonyl (C=O) groups is 1. The molecule has 2 fully saturated rings. The smallest absolute Gasteiger partial charge is 0.254 e. The van der Waals surface area contributed by atoms with E-state index in [-0.39, 0.29) is 12.0 Å². The highest BCUT2D eigenvalue weighted by Gasteiger charge is 2.30. The quantitative estimate of drug-likeness (QED) is 0.758. The molecule has 1 N–H and O–H groups in total. The zero-order chi connectivity index (χ0) is 18.9. The van der Waals surface area contributed by atoms with Crippen LogP contribution in [0.25, 0.3) is 10.9 Å². The molecule has 0 saturated carbocycles. The molecular formula is C22H24N4O2. The van der Waals surface area contributed by atoms with Crippen molar-refractivity contribution in [3.8, 4) is 5.75 Å². The third-order valence-electron chi connectivity index (χ3n) is 5.71. The summed E-state index contributed by atoms with van der Waals surface area (Å²) in [4.78, 5) is 25.0. The first-order chi connectivity index (χ1) is 13.8. The van der Waals surface area contributed by atoms with Crippen LogP contribution in [-0.2, 0) is 0 Å². The molecule has 2 aliphatic heterocycles. The summed E-state index contributed by atoms with van der Waals surface area (Å²) in [5, 5.41) is 0.973. The number of rotatable bonds is 4. The van der Waals surface area contributed by atoms with Gasteiger partial charge in [-0.25, -0.2) is 4.98 Å². The molecular weight excluding hydrogens is 352 g/mol. The van der Waals surface area contributed by atoms with Crippen LogP contribution in [0.15, 0.2) is 48.8 Å². The molecule has 1 aromatic carbocycles. The molecule has 1 unspecified atom stereocenters. The Bertz CT molecular complexity index is 993. The number of nitrogens with zero attached hydrogens (tertiary/aromatic N) is 3. The Kier molecular flexibility index (Phi) is 4.39. The van der Waals surface area contributed by atoms with Crippen LogP contribution in [0.5, 0.6) is 5.75 Å². The number of aromatic nitrogens is 2. The minimum Gasteiger partial charge on any atom is -0.485 e. The van der Waals surface area contributed by atoms with Gasteiger partial charge in [0, 0.05) is 54.9 Å². The first-order valence-electron chi connectivity index (χ1n) is 10.0. The van der Waals surface area contributed by atoms with Crippen molar-refractivity contribution in [3.63, 3.8) is 0 Å². The second kappa shape index (κ2) is 7.19. The van der Waals surface area contributed by atoms with E-state index in [1.807, 2.05) is 53.7 Å². The van der Waals surface area contributed by atoms with Crippen LogP contribution >= 0.6 is 0 Å². The molecule has 0 aliphatic carbocycles. The van der Waals surface area contributed by atoms with E-state index in [1.165, 1.54) is 12.8 Å². The van der Waals surface area contributed by atoms with Crippen LogP contribution in [-0.4, -0.2) is 53.1 Å². The van der Waals surface area contributed by atoms with Crippen molar-refractivity contribution in [1.82, 2.24) is 14.9 Å². The topological polar surface area (TPSA) is 61.5 Å². The van der Waals surface area contributed by atoms with Gasteiger partial charge >= 0.3 is 0 Å². The lowest BCUT2D eigenvalue weighted by atomic mass is 10.1. The maximum absolute atomic E-state index is 13.1. The van der Waals surface area contributed by atoms with Crippen molar-refractivity contribution in [2.75, 3.05) is 31.1 Å². The van der Waals surface area contributed by atoms with Crippen LogP contribution in [0.1, 0.15) is 29.6 Å².